The molecule has 0 aliphatic carbocycles. The summed E-state index contributed by atoms with van der Waals surface area (Å²) < 4.78 is 7.27. The summed E-state index contributed by atoms with van der Waals surface area (Å²) in [6, 6.07) is 12.5. The topological polar surface area (TPSA) is 81.8 Å². The Balaban J connectivity index is 1.70. The van der Waals surface area contributed by atoms with Crippen molar-refractivity contribution in [3.8, 4) is 6.07 Å². The van der Waals surface area contributed by atoms with Gasteiger partial charge in [-0.2, -0.15) is 5.26 Å². The first kappa shape index (κ1) is 27.1. The minimum Gasteiger partial charge on any atom is -0.383 e. The number of rotatable bonds is 8. The van der Waals surface area contributed by atoms with Gasteiger partial charge in [0.2, 0.25) is 0 Å². The molecule has 37 heavy (non-hydrogen) atoms. The number of thiocarbonyl (C=S) groups is 1. The van der Waals surface area contributed by atoms with Crippen LogP contribution in [-0.4, -0.2) is 71.0 Å². The second-order valence-electron chi connectivity index (χ2n) is 8.97. The predicted molar refractivity (Wildman–Crippen MR) is 152 cm³/mol. The Bertz CT molecular complexity index is 1310. The van der Waals surface area contributed by atoms with Crippen molar-refractivity contribution >= 4 is 46.1 Å². The fraction of sp³-hybridized carbons (Fsp3) is 0.407. The number of nitrogens with zero attached hydrogens (tertiary/aromatic N) is 5. The molecule has 1 aromatic heterocycles. The third-order valence-electron chi connectivity index (χ3n) is 6.75. The van der Waals surface area contributed by atoms with E-state index >= 15 is 0 Å². The minimum atomic E-state index is -0.297. The van der Waals surface area contributed by atoms with Gasteiger partial charge in [-0.25, -0.2) is 0 Å². The Hall–Kier alpha value is -2.97. The average molecular weight is 538 g/mol. The highest BCUT2D eigenvalue weighted by Crippen LogP contribution is 2.36. The van der Waals surface area contributed by atoms with Gasteiger partial charge in [-0.05, 0) is 31.1 Å². The number of piperazine rings is 1. The van der Waals surface area contributed by atoms with Crippen molar-refractivity contribution in [3.63, 3.8) is 0 Å². The van der Waals surface area contributed by atoms with Crippen LogP contribution >= 0.6 is 24.0 Å². The summed E-state index contributed by atoms with van der Waals surface area (Å²) >= 11 is 6.69. The van der Waals surface area contributed by atoms with E-state index in [9.17, 15) is 14.9 Å². The van der Waals surface area contributed by atoms with E-state index in [1.807, 2.05) is 13.0 Å². The van der Waals surface area contributed by atoms with Crippen molar-refractivity contribution < 1.29 is 9.53 Å². The Morgan fingerprint density at radius 1 is 1.16 bits per heavy atom. The van der Waals surface area contributed by atoms with Gasteiger partial charge in [0.25, 0.3) is 11.5 Å². The lowest BCUT2D eigenvalue weighted by Crippen LogP contribution is -2.48. The first-order valence-corrected chi connectivity index (χ1v) is 13.5. The van der Waals surface area contributed by atoms with Crippen LogP contribution in [0.5, 0.6) is 0 Å². The number of aromatic nitrogens is 1. The van der Waals surface area contributed by atoms with E-state index in [-0.39, 0.29) is 17.0 Å². The monoisotopic (exact) mass is 537 g/mol. The van der Waals surface area contributed by atoms with Crippen molar-refractivity contribution in [3.05, 3.63) is 67.8 Å². The van der Waals surface area contributed by atoms with Crippen molar-refractivity contribution in [1.82, 2.24) is 14.4 Å². The molecule has 2 saturated heterocycles. The number of carbonyl (C=O) groups excluding carboxylic acids is 1. The maximum atomic E-state index is 13.3. The maximum Gasteiger partial charge on any atom is 0.270 e. The fourth-order valence-electron chi connectivity index (χ4n) is 4.74. The average Bonchev–Trinajstić information content (AvgIpc) is 3.17. The Morgan fingerprint density at radius 2 is 1.86 bits per heavy atom. The molecule has 2 aromatic rings. The third-order valence-corrected chi connectivity index (χ3v) is 8.13. The van der Waals surface area contributed by atoms with Gasteiger partial charge in [-0.15, -0.1) is 0 Å². The van der Waals surface area contributed by atoms with Crippen LogP contribution in [0.25, 0.3) is 6.08 Å². The largest absolute Gasteiger partial charge is 0.383 e. The zero-order valence-corrected chi connectivity index (χ0v) is 23.0. The fourth-order valence-corrected chi connectivity index (χ4v) is 6.03. The molecule has 2 aliphatic heterocycles. The normalized spacial score (nSPS) is 17.6. The number of benzene rings is 1. The first-order chi connectivity index (χ1) is 17.9. The first-order valence-electron chi connectivity index (χ1n) is 12.3. The Labute approximate surface area is 227 Å². The molecule has 2 fully saturated rings. The highest BCUT2D eigenvalue weighted by atomic mass is 32.2. The molecule has 194 valence electrons. The van der Waals surface area contributed by atoms with Crippen molar-refractivity contribution in [2.75, 3.05) is 51.3 Å². The number of hydrogen-bond donors (Lipinski definition) is 0. The van der Waals surface area contributed by atoms with E-state index in [4.69, 9.17) is 17.0 Å². The molecule has 2 aliphatic rings. The molecule has 0 unspecified atom stereocenters. The van der Waals surface area contributed by atoms with Crippen LogP contribution in [0.15, 0.2) is 40.0 Å². The van der Waals surface area contributed by atoms with Gasteiger partial charge in [0.15, 0.2) is 0 Å². The van der Waals surface area contributed by atoms with Gasteiger partial charge in [-0.1, -0.05) is 54.3 Å². The van der Waals surface area contributed by atoms with Crippen molar-refractivity contribution in [2.24, 2.45) is 0 Å². The van der Waals surface area contributed by atoms with Crippen LogP contribution < -0.4 is 10.5 Å². The van der Waals surface area contributed by atoms with Crippen LogP contribution in [-0.2, 0) is 22.6 Å². The smallest absolute Gasteiger partial charge is 0.270 e. The number of thioether (sulfide) groups is 1. The quantitative estimate of drug-likeness (QED) is 0.375. The standard InChI is InChI=1S/C27H31N5O3S2/c1-4-31-24(30-12-10-29(11-13-30)18-20-8-6-5-7-9-20)21(19(2)22(17-28)25(31)33)16-23-26(34)32(14-15-35-3)27(36)37-23/h5-9,16H,4,10-15,18H2,1-3H3/b23-16+. The molecule has 10 heteroatoms. The lowest BCUT2D eigenvalue weighted by atomic mass is 10.0. The summed E-state index contributed by atoms with van der Waals surface area (Å²) in [7, 11) is 1.58. The zero-order valence-electron chi connectivity index (χ0n) is 21.4. The predicted octanol–water partition coefficient (Wildman–Crippen LogP) is 3.22. The van der Waals surface area contributed by atoms with Crippen molar-refractivity contribution in [2.45, 2.75) is 26.9 Å². The maximum absolute atomic E-state index is 13.3. The number of nitriles is 1. The molecule has 0 saturated carbocycles. The van der Waals surface area contributed by atoms with Gasteiger partial charge in [-0.3, -0.25) is 24.0 Å². The molecule has 0 radical (unpaired) electrons. The number of pyridine rings is 1. The summed E-state index contributed by atoms with van der Waals surface area (Å²) in [6.07, 6.45) is 1.81. The summed E-state index contributed by atoms with van der Waals surface area (Å²) in [5.41, 5.74) is 2.39. The molecule has 1 aromatic carbocycles. The van der Waals surface area contributed by atoms with E-state index in [1.165, 1.54) is 22.2 Å². The van der Waals surface area contributed by atoms with Crippen LogP contribution in [0, 0.1) is 18.3 Å². The van der Waals surface area contributed by atoms with Gasteiger partial charge in [0.1, 0.15) is 21.8 Å². The second-order valence-corrected chi connectivity index (χ2v) is 10.6. The summed E-state index contributed by atoms with van der Waals surface area (Å²) in [5.74, 6) is 0.573. The Kier molecular flexibility index (Phi) is 8.82. The van der Waals surface area contributed by atoms with E-state index in [2.05, 4.69) is 40.1 Å². The number of carbonyl (C=O) groups is 1. The number of anilines is 1. The van der Waals surface area contributed by atoms with Gasteiger partial charge in [0.05, 0.1) is 18.1 Å². The van der Waals surface area contributed by atoms with E-state index in [1.54, 1.807) is 24.7 Å². The van der Waals surface area contributed by atoms with Crippen molar-refractivity contribution in [1.29, 1.82) is 5.26 Å². The molecule has 3 heterocycles. The van der Waals surface area contributed by atoms with E-state index < -0.39 is 0 Å². The molecule has 4 rings (SSSR count). The number of methoxy groups -OCH3 is 1. The SMILES string of the molecule is CCn1c(N2CCN(Cc3ccccc3)CC2)c(/C=C2/SC(=S)N(CCOC)C2=O)c(C)c(C#N)c1=O. The highest BCUT2D eigenvalue weighted by Gasteiger charge is 2.33. The Morgan fingerprint density at radius 3 is 2.49 bits per heavy atom. The number of hydrogen-bond acceptors (Lipinski definition) is 8. The molecule has 0 atom stereocenters. The van der Waals surface area contributed by atoms with Gasteiger partial charge < -0.3 is 9.64 Å². The molecule has 1 amide bonds. The molecular formula is C27H31N5O3S2. The summed E-state index contributed by atoms with van der Waals surface area (Å²) in [4.78, 5) is 33.0. The van der Waals surface area contributed by atoms with Gasteiger partial charge >= 0.3 is 0 Å². The zero-order chi connectivity index (χ0) is 26.5. The van der Waals surface area contributed by atoms with Gasteiger partial charge in [0, 0.05) is 51.9 Å². The van der Waals surface area contributed by atoms with Crippen LogP contribution in [0.4, 0.5) is 5.82 Å². The molecule has 0 N–H and O–H groups in total. The highest BCUT2D eigenvalue weighted by molar-refractivity contribution is 8.26. The minimum absolute atomic E-state index is 0.106. The summed E-state index contributed by atoms with van der Waals surface area (Å²) in [6.45, 7) is 8.88. The van der Waals surface area contributed by atoms with Crippen LogP contribution in [0.3, 0.4) is 0 Å². The second kappa shape index (κ2) is 12.0. The van der Waals surface area contributed by atoms with E-state index in [0.29, 0.717) is 34.5 Å². The lowest BCUT2D eigenvalue weighted by Gasteiger charge is -2.38. The molecular weight excluding hydrogens is 506 g/mol. The van der Waals surface area contributed by atoms with Crippen LogP contribution in [0.2, 0.25) is 0 Å². The molecule has 8 nitrogen and oxygen atoms in total. The third kappa shape index (κ3) is 5.65. The van der Waals surface area contributed by atoms with E-state index in [0.717, 1.165) is 44.1 Å². The van der Waals surface area contributed by atoms with Crippen LogP contribution in [0.1, 0.15) is 29.2 Å². The molecule has 0 bridgehead atoms. The molecule has 0 spiro atoms. The number of amides is 1. The summed E-state index contributed by atoms with van der Waals surface area (Å²) in [5, 5.41) is 9.79. The number of ether oxygens (including phenoxy) is 1. The lowest BCUT2D eigenvalue weighted by molar-refractivity contribution is -0.122.